The molecule has 136 valence electrons. The molecule has 0 heterocycles. The van der Waals surface area contributed by atoms with Crippen LogP contribution >= 0.6 is 34.2 Å². The Morgan fingerprint density at radius 2 is 1.74 bits per heavy atom. The fourth-order valence-corrected chi connectivity index (χ4v) is 7.28. The summed E-state index contributed by atoms with van der Waals surface area (Å²) in [5, 5.41) is 3.55. The number of benzene rings is 3. The molecular weight excluding hydrogens is 463 g/mol. The molecule has 0 aromatic heterocycles. The van der Waals surface area contributed by atoms with Gasteiger partial charge >= 0.3 is 0 Å². The van der Waals surface area contributed by atoms with E-state index in [9.17, 15) is 0 Å². The van der Waals surface area contributed by atoms with Crippen molar-refractivity contribution in [3.63, 3.8) is 0 Å². The summed E-state index contributed by atoms with van der Waals surface area (Å²) in [5.41, 5.74) is 4.60. The molecule has 2 aliphatic rings. The van der Waals surface area contributed by atoms with Crippen molar-refractivity contribution in [1.82, 2.24) is 0 Å². The molecule has 0 aliphatic heterocycles. The van der Waals surface area contributed by atoms with E-state index in [-0.39, 0.29) is 5.41 Å². The molecule has 0 amide bonds. The topological polar surface area (TPSA) is 0 Å². The first kappa shape index (κ1) is 17.8. The third-order valence-corrected chi connectivity index (χ3v) is 8.06. The van der Waals surface area contributed by atoms with Crippen molar-refractivity contribution < 1.29 is 0 Å². The van der Waals surface area contributed by atoms with Crippen LogP contribution in [0.5, 0.6) is 0 Å². The lowest BCUT2D eigenvalue weighted by Gasteiger charge is -2.47. The zero-order valence-corrected chi connectivity index (χ0v) is 18.2. The molecule has 5 rings (SSSR count). The van der Waals surface area contributed by atoms with Crippen LogP contribution in [0.2, 0.25) is 5.02 Å². The van der Waals surface area contributed by atoms with Crippen LogP contribution in [0.15, 0.2) is 66.7 Å². The lowest BCUT2D eigenvalue weighted by atomic mass is 9.60. The SMILES string of the molecule is CC1(c2ccc(Cl)cc2)CC(I)C2c3ccc4ccccc4c3C=CC2C1. The summed E-state index contributed by atoms with van der Waals surface area (Å²) in [4.78, 5) is 0. The average molecular weight is 485 g/mol. The van der Waals surface area contributed by atoms with Crippen molar-refractivity contribution in [2.75, 3.05) is 0 Å². The smallest absolute Gasteiger partial charge is 0.0406 e. The average Bonchev–Trinajstić information content (AvgIpc) is 2.67. The maximum absolute atomic E-state index is 6.13. The Balaban J connectivity index is 1.56. The van der Waals surface area contributed by atoms with Crippen LogP contribution in [0.1, 0.15) is 42.4 Å². The molecule has 0 N–H and O–H groups in total. The van der Waals surface area contributed by atoms with Crippen LogP contribution in [0.25, 0.3) is 16.8 Å². The molecule has 1 fully saturated rings. The molecule has 27 heavy (non-hydrogen) atoms. The first-order valence-electron chi connectivity index (χ1n) is 9.65. The second-order valence-corrected chi connectivity index (χ2v) is 10.4. The van der Waals surface area contributed by atoms with Crippen molar-refractivity contribution in [3.8, 4) is 0 Å². The van der Waals surface area contributed by atoms with Crippen molar-refractivity contribution in [2.45, 2.75) is 35.0 Å². The van der Waals surface area contributed by atoms with E-state index in [0.29, 0.717) is 15.8 Å². The maximum atomic E-state index is 6.13. The quantitative estimate of drug-likeness (QED) is 0.244. The van der Waals surface area contributed by atoms with Gasteiger partial charge in [-0.15, -0.1) is 0 Å². The Bertz CT molecular complexity index is 1040. The molecule has 1 saturated carbocycles. The van der Waals surface area contributed by atoms with Gasteiger partial charge in [-0.1, -0.05) is 102 Å². The minimum Gasteiger partial charge on any atom is -0.0843 e. The van der Waals surface area contributed by atoms with Gasteiger partial charge in [0, 0.05) is 14.9 Å². The molecule has 0 bridgehead atoms. The highest BCUT2D eigenvalue weighted by Gasteiger charge is 2.44. The Morgan fingerprint density at radius 1 is 0.963 bits per heavy atom. The maximum Gasteiger partial charge on any atom is 0.0406 e. The normalized spacial score (nSPS) is 29.4. The van der Waals surface area contributed by atoms with Gasteiger partial charge < -0.3 is 0 Å². The summed E-state index contributed by atoms with van der Waals surface area (Å²) in [6, 6.07) is 22.0. The number of hydrogen-bond acceptors (Lipinski definition) is 0. The highest BCUT2D eigenvalue weighted by atomic mass is 127. The van der Waals surface area contributed by atoms with E-state index < -0.39 is 0 Å². The first-order chi connectivity index (χ1) is 13.0. The van der Waals surface area contributed by atoms with Crippen molar-refractivity contribution >= 4 is 51.0 Å². The van der Waals surface area contributed by atoms with Crippen molar-refractivity contribution in [3.05, 3.63) is 88.5 Å². The van der Waals surface area contributed by atoms with Gasteiger partial charge in [0.25, 0.3) is 0 Å². The molecule has 4 atom stereocenters. The molecule has 0 saturated heterocycles. The Kier molecular flexibility index (Phi) is 4.36. The van der Waals surface area contributed by atoms with Crippen LogP contribution < -0.4 is 0 Å². The Hall–Kier alpha value is -1.32. The first-order valence-corrected chi connectivity index (χ1v) is 11.3. The fraction of sp³-hybridized carbons (Fsp3) is 0.280. The van der Waals surface area contributed by atoms with E-state index >= 15 is 0 Å². The van der Waals surface area contributed by atoms with Gasteiger partial charge in [-0.2, -0.15) is 0 Å². The molecule has 0 spiro atoms. The monoisotopic (exact) mass is 484 g/mol. The number of fused-ring (bicyclic) bond motifs is 5. The molecule has 4 unspecified atom stereocenters. The Labute approximate surface area is 179 Å². The molecule has 2 heteroatoms. The van der Waals surface area contributed by atoms with E-state index in [1.54, 1.807) is 5.56 Å². The van der Waals surface area contributed by atoms with Gasteiger partial charge in [-0.05, 0) is 63.8 Å². The molecule has 3 aromatic carbocycles. The number of alkyl halides is 1. The summed E-state index contributed by atoms with van der Waals surface area (Å²) in [6.07, 6.45) is 7.27. The van der Waals surface area contributed by atoms with Gasteiger partial charge in [0.15, 0.2) is 0 Å². The molecule has 2 aliphatic carbocycles. The lowest BCUT2D eigenvalue weighted by Crippen LogP contribution is -2.40. The second-order valence-electron chi connectivity index (χ2n) is 8.33. The van der Waals surface area contributed by atoms with E-state index in [0.717, 1.165) is 5.02 Å². The van der Waals surface area contributed by atoms with Gasteiger partial charge in [-0.25, -0.2) is 0 Å². The van der Waals surface area contributed by atoms with Crippen LogP contribution in [0.4, 0.5) is 0 Å². The summed E-state index contributed by atoms with van der Waals surface area (Å²) < 4.78 is 0.617. The van der Waals surface area contributed by atoms with Crippen molar-refractivity contribution in [2.24, 2.45) is 5.92 Å². The van der Waals surface area contributed by atoms with Crippen LogP contribution in [-0.2, 0) is 5.41 Å². The van der Waals surface area contributed by atoms with E-state index in [4.69, 9.17) is 11.6 Å². The third-order valence-electron chi connectivity index (χ3n) is 6.60. The lowest BCUT2D eigenvalue weighted by molar-refractivity contribution is 0.253. The van der Waals surface area contributed by atoms with E-state index in [2.05, 4.69) is 90.2 Å². The highest BCUT2D eigenvalue weighted by Crippen LogP contribution is 2.54. The summed E-state index contributed by atoms with van der Waals surface area (Å²) in [6.45, 7) is 2.43. The predicted octanol–water partition coefficient (Wildman–Crippen LogP) is 7.78. The van der Waals surface area contributed by atoms with E-state index in [1.807, 2.05) is 12.1 Å². The van der Waals surface area contributed by atoms with Gasteiger partial charge in [0.1, 0.15) is 0 Å². The van der Waals surface area contributed by atoms with Crippen LogP contribution in [0, 0.1) is 5.92 Å². The second kappa shape index (κ2) is 6.63. The minimum atomic E-state index is 0.205. The number of rotatable bonds is 1. The minimum absolute atomic E-state index is 0.205. The number of hydrogen-bond donors (Lipinski definition) is 0. The number of allylic oxidation sites excluding steroid dienone is 1. The van der Waals surface area contributed by atoms with Crippen molar-refractivity contribution in [1.29, 1.82) is 0 Å². The standard InChI is InChI=1S/C25H22ClI/c1-25(18-8-10-19(26)11-9-18)14-17-7-12-21-20-5-3-2-4-16(20)6-13-22(21)24(17)23(27)15-25/h2-13,17,23-24H,14-15H2,1H3. The zero-order valence-electron chi connectivity index (χ0n) is 15.3. The van der Waals surface area contributed by atoms with Gasteiger partial charge in [0.05, 0.1) is 0 Å². The largest absolute Gasteiger partial charge is 0.0843 e. The third kappa shape index (κ3) is 2.94. The molecule has 0 radical (unpaired) electrons. The fourth-order valence-electron chi connectivity index (χ4n) is 5.27. The van der Waals surface area contributed by atoms with Gasteiger partial charge in [0.2, 0.25) is 0 Å². The Morgan fingerprint density at radius 3 is 2.56 bits per heavy atom. The highest BCUT2D eigenvalue weighted by molar-refractivity contribution is 14.1. The molecule has 3 aromatic rings. The number of halogens is 2. The zero-order chi connectivity index (χ0) is 18.6. The summed E-state index contributed by atoms with van der Waals surface area (Å²) in [5.74, 6) is 1.20. The van der Waals surface area contributed by atoms with Crippen LogP contribution in [0.3, 0.4) is 0 Å². The van der Waals surface area contributed by atoms with E-state index in [1.165, 1.54) is 34.7 Å². The predicted molar refractivity (Wildman–Crippen MR) is 125 cm³/mol. The summed E-state index contributed by atoms with van der Waals surface area (Å²) in [7, 11) is 0. The van der Waals surface area contributed by atoms with Crippen LogP contribution in [-0.4, -0.2) is 3.92 Å². The van der Waals surface area contributed by atoms with Gasteiger partial charge in [-0.3, -0.25) is 0 Å². The summed E-state index contributed by atoms with van der Waals surface area (Å²) >= 11 is 8.84. The molecular formula is C25H22ClI. The molecule has 0 nitrogen and oxygen atoms in total.